The minimum Gasteiger partial charge on any atom is -0.345 e. The van der Waals surface area contributed by atoms with Gasteiger partial charge in [-0.3, -0.25) is 4.79 Å². The van der Waals surface area contributed by atoms with E-state index in [1.54, 1.807) is 6.92 Å². The van der Waals surface area contributed by atoms with Gasteiger partial charge in [-0.1, -0.05) is 6.92 Å². The van der Waals surface area contributed by atoms with Crippen LogP contribution in [0.15, 0.2) is 28.6 Å². The molecule has 1 amide bonds. The van der Waals surface area contributed by atoms with E-state index in [9.17, 15) is 17.6 Å². The van der Waals surface area contributed by atoms with Crippen LogP contribution in [0, 0.1) is 5.82 Å². The molecule has 1 aromatic heterocycles. The van der Waals surface area contributed by atoms with Gasteiger partial charge in [-0.25, -0.2) is 17.8 Å². The molecule has 0 saturated carbocycles. The van der Waals surface area contributed by atoms with E-state index in [1.165, 1.54) is 24.3 Å². The lowest BCUT2D eigenvalue weighted by molar-refractivity contribution is 0.0950. The largest absolute Gasteiger partial charge is 0.345 e. The minimum absolute atomic E-state index is 0.00829. The summed E-state index contributed by atoms with van der Waals surface area (Å²) in [6.07, 6.45) is 0.499. The fourth-order valence-corrected chi connectivity index (χ4v) is 3.86. The molecule has 2 rings (SSSR count). The average molecular weight is 343 g/mol. The van der Waals surface area contributed by atoms with Crippen LogP contribution in [0.2, 0.25) is 0 Å². The maximum absolute atomic E-state index is 12.8. The molecule has 0 aliphatic carbocycles. The maximum atomic E-state index is 12.8. The summed E-state index contributed by atoms with van der Waals surface area (Å²) < 4.78 is 40.3. The number of benzene rings is 1. The second-order valence-corrected chi connectivity index (χ2v) is 7.52. The number of carbonyl (C=O) groups is 1. The number of sulfone groups is 1. The van der Waals surface area contributed by atoms with Crippen LogP contribution in [0.5, 0.6) is 0 Å². The number of amides is 1. The van der Waals surface area contributed by atoms with E-state index in [4.69, 9.17) is 0 Å². The van der Waals surface area contributed by atoms with Crippen molar-refractivity contribution in [2.24, 2.45) is 0 Å². The zero-order valence-corrected chi connectivity index (χ0v) is 13.4. The molecule has 0 unspecified atom stereocenters. The van der Waals surface area contributed by atoms with Crippen molar-refractivity contribution in [3.8, 4) is 0 Å². The number of nitrogens with one attached hydrogen (secondary N) is 1. The van der Waals surface area contributed by atoms with Crippen LogP contribution in [-0.4, -0.2) is 29.4 Å². The third kappa shape index (κ3) is 4.08. The zero-order chi connectivity index (χ0) is 16.2. The first-order valence-corrected chi connectivity index (χ1v) is 8.94. The van der Waals surface area contributed by atoms with Crippen molar-refractivity contribution in [3.05, 3.63) is 41.5 Å². The Labute approximate surface area is 131 Å². The van der Waals surface area contributed by atoms with Crippen LogP contribution in [0.25, 0.3) is 0 Å². The van der Waals surface area contributed by atoms with Crippen LogP contribution in [0.4, 0.5) is 4.39 Å². The Balaban J connectivity index is 1.99. The monoisotopic (exact) mass is 343 g/mol. The number of halogens is 1. The Morgan fingerprint density at radius 3 is 2.64 bits per heavy atom. The van der Waals surface area contributed by atoms with Crippen molar-refractivity contribution in [2.45, 2.75) is 24.2 Å². The molecule has 1 aromatic carbocycles. The van der Waals surface area contributed by atoms with Gasteiger partial charge in [0.05, 0.1) is 12.3 Å². The van der Waals surface area contributed by atoms with E-state index in [0.717, 1.165) is 11.5 Å². The number of carbonyl (C=O) groups excluding carboxylic acids is 1. The Hall–Kier alpha value is -1.87. The molecule has 22 heavy (non-hydrogen) atoms. The summed E-state index contributed by atoms with van der Waals surface area (Å²) in [5, 5.41) is 2.56. The highest BCUT2D eigenvalue weighted by Gasteiger charge is 2.19. The lowest BCUT2D eigenvalue weighted by atomic mass is 10.2. The molecule has 0 spiro atoms. The molecule has 0 aliphatic heterocycles. The van der Waals surface area contributed by atoms with E-state index < -0.39 is 21.6 Å². The first-order chi connectivity index (χ1) is 10.4. The summed E-state index contributed by atoms with van der Waals surface area (Å²) in [6.45, 7) is 1.77. The number of hydrogen-bond acceptors (Lipinski definition) is 6. The second kappa shape index (κ2) is 6.93. The molecule has 6 nitrogen and oxygen atoms in total. The number of hydrogen-bond donors (Lipinski definition) is 1. The molecule has 0 saturated heterocycles. The van der Waals surface area contributed by atoms with Gasteiger partial charge in [0, 0.05) is 5.56 Å². The summed E-state index contributed by atoms with van der Waals surface area (Å²) in [4.78, 5) is 15.8. The van der Waals surface area contributed by atoms with Crippen LogP contribution < -0.4 is 5.32 Å². The van der Waals surface area contributed by atoms with Gasteiger partial charge in [0.1, 0.15) is 5.82 Å². The third-order valence-electron chi connectivity index (χ3n) is 2.70. The van der Waals surface area contributed by atoms with E-state index in [0.29, 0.717) is 12.0 Å². The molecule has 2 aromatic rings. The molecular formula is C13H14FN3O3S2. The lowest BCUT2D eigenvalue weighted by Gasteiger charge is -2.02. The van der Waals surface area contributed by atoms with E-state index in [2.05, 4.69) is 14.7 Å². The molecule has 1 N–H and O–H groups in total. The smallest absolute Gasteiger partial charge is 0.251 e. The van der Waals surface area contributed by atoms with Crippen LogP contribution in [0.1, 0.15) is 29.5 Å². The Morgan fingerprint density at radius 2 is 2.00 bits per heavy atom. The fourth-order valence-electron chi connectivity index (χ4n) is 1.65. The first kappa shape index (κ1) is 16.5. The van der Waals surface area contributed by atoms with Gasteiger partial charge in [0.2, 0.25) is 14.2 Å². The van der Waals surface area contributed by atoms with Gasteiger partial charge in [-0.15, -0.1) is 0 Å². The van der Waals surface area contributed by atoms with Crippen LogP contribution in [-0.2, 0) is 16.4 Å². The van der Waals surface area contributed by atoms with Crippen LogP contribution >= 0.6 is 11.5 Å². The molecule has 0 fully saturated rings. The van der Waals surface area contributed by atoms with Crippen molar-refractivity contribution < 1.29 is 17.6 Å². The number of rotatable bonds is 6. The first-order valence-electron chi connectivity index (χ1n) is 6.51. The van der Waals surface area contributed by atoms with Crippen molar-refractivity contribution >= 4 is 27.3 Å². The van der Waals surface area contributed by atoms with Gasteiger partial charge in [0.25, 0.3) is 5.91 Å². The highest BCUT2D eigenvalue weighted by Crippen LogP contribution is 2.14. The topological polar surface area (TPSA) is 89.0 Å². The lowest BCUT2D eigenvalue weighted by Crippen LogP contribution is -2.23. The average Bonchev–Trinajstić information content (AvgIpc) is 2.95. The second-order valence-electron chi connectivity index (χ2n) is 4.48. The van der Waals surface area contributed by atoms with Gasteiger partial charge >= 0.3 is 0 Å². The Bertz CT molecular complexity index is 757. The number of aromatic nitrogens is 2. The molecule has 1 heterocycles. The van der Waals surface area contributed by atoms with E-state index >= 15 is 0 Å². The highest BCUT2D eigenvalue weighted by molar-refractivity contribution is 7.93. The summed E-state index contributed by atoms with van der Waals surface area (Å²) in [6, 6.07) is 5.09. The van der Waals surface area contributed by atoms with E-state index in [-0.39, 0.29) is 22.5 Å². The third-order valence-corrected chi connectivity index (χ3v) is 5.81. The molecule has 9 heteroatoms. The highest BCUT2D eigenvalue weighted by atomic mass is 32.2. The van der Waals surface area contributed by atoms with Crippen LogP contribution in [0.3, 0.4) is 0 Å². The molecular weight excluding hydrogens is 329 g/mol. The molecule has 0 atom stereocenters. The van der Waals surface area contributed by atoms with Gasteiger partial charge in [-0.2, -0.15) is 4.37 Å². The Morgan fingerprint density at radius 1 is 1.32 bits per heavy atom. The zero-order valence-electron chi connectivity index (χ0n) is 11.7. The number of nitrogens with zero attached hydrogens (tertiary/aromatic N) is 2. The minimum atomic E-state index is -3.39. The predicted molar refractivity (Wildman–Crippen MR) is 79.8 cm³/mol. The molecule has 118 valence electrons. The summed E-state index contributed by atoms with van der Waals surface area (Å²) >= 11 is 0.796. The van der Waals surface area contributed by atoms with Gasteiger partial charge in [0.15, 0.2) is 5.82 Å². The predicted octanol–water partition coefficient (Wildman–Crippen LogP) is 1.79. The van der Waals surface area contributed by atoms with E-state index in [1.807, 2.05) is 0 Å². The quantitative estimate of drug-likeness (QED) is 0.864. The van der Waals surface area contributed by atoms with Gasteiger partial charge < -0.3 is 5.32 Å². The standard InChI is InChI=1S/C13H14FN3O3S2/c1-2-7-22(19,20)13-16-11(17-21-13)8-15-12(18)9-3-5-10(14)6-4-9/h3-6H,2,7-8H2,1H3,(H,15,18). The van der Waals surface area contributed by atoms with Gasteiger partial charge in [-0.05, 0) is 42.2 Å². The normalized spacial score (nSPS) is 11.4. The SMILES string of the molecule is CCCS(=O)(=O)c1nc(CNC(=O)c2ccc(F)cc2)ns1. The Kier molecular flexibility index (Phi) is 5.19. The molecule has 0 bridgehead atoms. The molecule has 0 radical (unpaired) electrons. The van der Waals surface area contributed by atoms with Crippen molar-refractivity contribution in [1.29, 1.82) is 0 Å². The summed E-state index contributed by atoms with van der Waals surface area (Å²) in [7, 11) is -3.39. The summed E-state index contributed by atoms with van der Waals surface area (Å²) in [5.41, 5.74) is 0.301. The maximum Gasteiger partial charge on any atom is 0.251 e. The van der Waals surface area contributed by atoms with Crippen molar-refractivity contribution in [2.75, 3.05) is 5.75 Å². The van der Waals surface area contributed by atoms with Crippen molar-refractivity contribution in [1.82, 2.24) is 14.7 Å². The molecule has 0 aliphatic rings. The fraction of sp³-hybridized carbons (Fsp3) is 0.308. The van der Waals surface area contributed by atoms with Crippen molar-refractivity contribution in [3.63, 3.8) is 0 Å². The summed E-state index contributed by atoms with van der Waals surface area (Å²) in [5.74, 6) is -0.588.